The Balaban J connectivity index is 2.68. The lowest BCUT2D eigenvalue weighted by molar-refractivity contribution is -0.153. The van der Waals surface area contributed by atoms with Crippen LogP contribution in [0.3, 0.4) is 0 Å². The fourth-order valence-electron chi connectivity index (χ4n) is 1.37. The molecule has 0 radical (unpaired) electrons. The largest absolute Gasteiger partial charge is 0.508 e. The Labute approximate surface area is 94.5 Å². The van der Waals surface area contributed by atoms with Gasteiger partial charge in [0.05, 0.1) is 6.10 Å². The quantitative estimate of drug-likeness (QED) is 0.800. The number of phenolic OH excluding ortho intramolecular Hbond substituents is 1. The molecule has 4 heteroatoms. The average molecular weight is 224 g/mol. The zero-order chi connectivity index (χ0) is 12.1. The summed E-state index contributed by atoms with van der Waals surface area (Å²) in [5.74, 6) is -0.804. The van der Waals surface area contributed by atoms with E-state index >= 15 is 0 Å². The molecule has 1 atom stereocenters. The summed E-state index contributed by atoms with van der Waals surface area (Å²) in [6.45, 7) is 3.60. The molecule has 0 aliphatic carbocycles. The van der Waals surface area contributed by atoms with Gasteiger partial charge in [-0.05, 0) is 31.5 Å². The van der Waals surface area contributed by atoms with Gasteiger partial charge in [0.1, 0.15) is 5.75 Å². The van der Waals surface area contributed by atoms with Crippen molar-refractivity contribution in [3.8, 4) is 5.75 Å². The first-order valence-corrected chi connectivity index (χ1v) is 5.15. The summed E-state index contributed by atoms with van der Waals surface area (Å²) in [4.78, 5) is 10.9. The number of ether oxygens (including phenoxy) is 1. The van der Waals surface area contributed by atoms with E-state index in [9.17, 15) is 4.79 Å². The highest BCUT2D eigenvalue weighted by atomic mass is 16.5. The fraction of sp³-hybridized carbons (Fsp3) is 0.417. The predicted molar refractivity (Wildman–Crippen MR) is 59.5 cm³/mol. The molecule has 1 unspecified atom stereocenters. The number of carbonyl (C=O) groups is 1. The maximum absolute atomic E-state index is 10.9. The molecule has 0 saturated heterocycles. The molecule has 0 fully saturated rings. The van der Waals surface area contributed by atoms with Crippen molar-refractivity contribution < 1.29 is 19.7 Å². The van der Waals surface area contributed by atoms with Crippen molar-refractivity contribution in [2.24, 2.45) is 0 Å². The van der Waals surface area contributed by atoms with Gasteiger partial charge in [-0.15, -0.1) is 0 Å². The Morgan fingerprint density at radius 3 is 2.31 bits per heavy atom. The fourth-order valence-corrected chi connectivity index (χ4v) is 1.37. The number of hydrogen-bond acceptors (Lipinski definition) is 3. The van der Waals surface area contributed by atoms with Crippen LogP contribution in [0.4, 0.5) is 0 Å². The van der Waals surface area contributed by atoms with Gasteiger partial charge in [0.2, 0.25) is 0 Å². The SMILES string of the molecule is CC(C)OC(Cc1ccc(O)cc1)C(=O)O. The lowest BCUT2D eigenvalue weighted by atomic mass is 10.1. The highest BCUT2D eigenvalue weighted by Crippen LogP contribution is 2.13. The van der Waals surface area contributed by atoms with Crippen LogP contribution < -0.4 is 0 Å². The first-order chi connectivity index (χ1) is 7.49. The Bertz CT molecular complexity index is 343. The Hall–Kier alpha value is -1.55. The molecule has 2 N–H and O–H groups in total. The van der Waals surface area contributed by atoms with Gasteiger partial charge in [0, 0.05) is 6.42 Å². The van der Waals surface area contributed by atoms with Crippen molar-refractivity contribution in [3.05, 3.63) is 29.8 Å². The third kappa shape index (κ3) is 3.90. The highest BCUT2D eigenvalue weighted by Gasteiger charge is 2.19. The van der Waals surface area contributed by atoms with E-state index in [0.29, 0.717) is 6.42 Å². The second-order valence-electron chi connectivity index (χ2n) is 3.88. The number of carboxylic acid groups (broad SMARTS) is 1. The van der Waals surface area contributed by atoms with Gasteiger partial charge in [-0.25, -0.2) is 4.79 Å². The van der Waals surface area contributed by atoms with Crippen molar-refractivity contribution in [1.29, 1.82) is 0 Å². The molecule has 0 aromatic heterocycles. The van der Waals surface area contributed by atoms with Gasteiger partial charge in [-0.2, -0.15) is 0 Å². The Morgan fingerprint density at radius 1 is 1.31 bits per heavy atom. The minimum Gasteiger partial charge on any atom is -0.508 e. The lowest BCUT2D eigenvalue weighted by Crippen LogP contribution is -2.29. The number of aliphatic carboxylic acids is 1. The number of aromatic hydroxyl groups is 1. The highest BCUT2D eigenvalue weighted by molar-refractivity contribution is 5.72. The summed E-state index contributed by atoms with van der Waals surface area (Å²) in [5, 5.41) is 18.1. The predicted octanol–water partition coefficient (Wildman–Crippen LogP) is 1.81. The summed E-state index contributed by atoms with van der Waals surface area (Å²) in [5.41, 5.74) is 0.825. The molecule has 0 bridgehead atoms. The van der Waals surface area contributed by atoms with Crippen LogP contribution in [0.15, 0.2) is 24.3 Å². The monoisotopic (exact) mass is 224 g/mol. The van der Waals surface area contributed by atoms with Gasteiger partial charge in [0.15, 0.2) is 6.10 Å². The molecule has 0 aliphatic heterocycles. The van der Waals surface area contributed by atoms with Crippen molar-refractivity contribution >= 4 is 5.97 Å². The molecule has 0 aliphatic rings. The second kappa shape index (κ2) is 5.51. The first-order valence-electron chi connectivity index (χ1n) is 5.15. The molecule has 0 saturated carbocycles. The van der Waals surface area contributed by atoms with Crippen molar-refractivity contribution in [3.63, 3.8) is 0 Å². The van der Waals surface area contributed by atoms with E-state index in [4.69, 9.17) is 14.9 Å². The number of rotatable bonds is 5. The number of benzene rings is 1. The molecule has 0 heterocycles. The van der Waals surface area contributed by atoms with Gasteiger partial charge in [-0.1, -0.05) is 12.1 Å². The van der Waals surface area contributed by atoms with E-state index < -0.39 is 12.1 Å². The van der Waals surface area contributed by atoms with Crippen molar-refractivity contribution in [2.75, 3.05) is 0 Å². The van der Waals surface area contributed by atoms with Crippen LogP contribution in [0.1, 0.15) is 19.4 Å². The maximum Gasteiger partial charge on any atom is 0.333 e. The molecule has 16 heavy (non-hydrogen) atoms. The minimum atomic E-state index is -0.971. The molecule has 0 amide bonds. The normalized spacial score (nSPS) is 12.7. The van der Waals surface area contributed by atoms with Gasteiger partial charge < -0.3 is 14.9 Å². The maximum atomic E-state index is 10.9. The minimum absolute atomic E-state index is 0.127. The van der Waals surface area contributed by atoms with Gasteiger partial charge in [-0.3, -0.25) is 0 Å². The lowest BCUT2D eigenvalue weighted by Gasteiger charge is -2.16. The topological polar surface area (TPSA) is 66.8 Å². The zero-order valence-electron chi connectivity index (χ0n) is 9.38. The van der Waals surface area contributed by atoms with Crippen LogP contribution in [0.5, 0.6) is 5.75 Å². The second-order valence-corrected chi connectivity index (χ2v) is 3.88. The summed E-state index contributed by atoms with van der Waals surface area (Å²) < 4.78 is 5.28. The van der Waals surface area contributed by atoms with Crippen LogP contribution in [0.25, 0.3) is 0 Å². The van der Waals surface area contributed by atoms with Crippen LogP contribution in [0.2, 0.25) is 0 Å². The summed E-state index contributed by atoms with van der Waals surface area (Å²) in [6, 6.07) is 6.44. The Morgan fingerprint density at radius 2 is 1.88 bits per heavy atom. The van der Waals surface area contributed by atoms with E-state index in [0.717, 1.165) is 5.56 Å². The van der Waals surface area contributed by atoms with Crippen molar-refractivity contribution in [2.45, 2.75) is 32.5 Å². The third-order valence-corrected chi connectivity index (χ3v) is 2.07. The van der Waals surface area contributed by atoms with E-state index in [1.54, 1.807) is 26.0 Å². The third-order valence-electron chi connectivity index (χ3n) is 2.07. The molecular weight excluding hydrogens is 208 g/mol. The molecular formula is C12H16O4. The smallest absolute Gasteiger partial charge is 0.333 e. The molecule has 88 valence electrons. The van der Waals surface area contributed by atoms with Crippen LogP contribution in [-0.2, 0) is 16.0 Å². The number of carboxylic acids is 1. The van der Waals surface area contributed by atoms with Gasteiger partial charge in [0.25, 0.3) is 0 Å². The van der Waals surface area contributed by atoms with Gasteiger partial charge >= 0.3 is 5.97 Å². The standard InChI is InChI=1S/C12H16O4/c1-8(2)16-11(12(14)15)7-9-3-5-10(13)6-4-9/h3-6,8,11,13H,7H2,1-2H3,(H,14,15). The number of phenols is 1. The molecule has 1 aromatic carbocycles. The van der Waals surface area contributed by atoms with Crippen LogP contribution in [0, 0.1) is 0 Å². The van der Waals surface area contributed by atoms with E-state index in [1.807, 2.05) is 0 Å². The summed E-state index contributed by atoms with van der Waals surface area (Å²) in [7, 11) is 0. The number of hydrogen-bond donors (Lipinski definition) is 2. The van der Waals surface area contributed by atoms with E-state index in [2.05, 4.69) is 0 Å². The summed E-state index contributed by atoms with van der Waals surface area (Å²) >= 11 is 0. The average Bonchev–Trinajstić information content (AvgIpc) is 2.19. The molecule has 0 spiro atoms. The van der Waals surface area contributed by atoms with E-state index in [1.165, 1.54) is 12.1 Å². The zero-order valence-corrected chi connectivity index (χ0v) is 9.38. The first kappa shape index (κ1) is 12.5. The van der Waals surface area contributed by atoms with Crippen LogP contribution in [-0.4, -0.2) is 28.4 Å². The summed E-state index contributed by atoms with van der Waals surface area (Å²) in [6.07, 6.45) is -0.670. The molecule has 4 nitrogen and oxygen atoms in total. The van der Waals surface area contributed by atoms with Crippen molar-refractivity contribution in [1.82, 2.24) is 0 Å². The molecule has 1 aromatic rings. The molecule has 1 rings (SSSR count). The van der Waals surface area contributed by atoms with Crippen LogP contribution >= 0.6 is 0 Å². The van der Waals surface area contributed by atoms with E-state index in [-0.39, 0.29) is 11.9 Å². The Kier molecular flexibility index (Phi) is 4.31.